The number of hydrogen-bond acceptors (Lipinski definition) is 8. The normalized spacial score (nSPS) is 14.7. The lowest BCUT2D eigenvalue weighted by molar-refractivity contribution is 0.102. The molecular formula is C27H32N8O2. The molecule has 37 heavy (non-hydrogen) atoms. The lowest BCUT2D eigenvalue weighted by Gasteiger charge is -2.28. The summed E-state index contributed by atoms with van der Waals surface area (Å²) in [5.41, 5.74) is 9.97. The van der Waals surface area contributed by atoms with Crippen LogP contribution >= 0.6 is 0 Å². The molecule has 5 rings (SSSR count). The van der Waals surface area contributed by atoms with Gasteiger partial charge in [0.15, 0.2) is 5.65 Å². The maximum absolute atomic E-state index is 12.7. The molecule has 1 aliphatic heterocycles. The van der Waals surface area contributed by atoms with E-state index in [0.717, 1.165) is 37.2 Å². The van der Waals surface area contributed by atoms with Crippen LogP contribution in [0.15, 0.2) is 54.7 Å². The second-order valence-corrected chi connectivity index (χ2v) is 9.72. The molecule has 3 heterocycles. The molecule has 0 bridgehead atoms. The summed E-state index contributed by atoms with van der Waals surface area (Å²) in [6.45, 7) is 6.18. The molecule has 10 heteroatoms. The molecule has 1 saturated heterocycles. The number of nitrogens with two attached hydrogens (primary N) is 1. The summed E-state index contributed by atoms with van der Waals surface area (Å²) >= 11 is 0. The van der Waals surface area contributed by atoms with Gasteiger partial charge in [0.05, 0.1) is 6.20 Å². The molecule has 10 nitrogen and oxygen atoms in total. The molecule has 4 N–H and O–H groups in total. The topological polar surface area (TPSA) is 123 Å². The highest BCUT2D eigenvalue weighted by Crippen LogP contribution is 2.26. The van der Waals surface area contributed by atoms with E-state index in [9.17, 15) is 4.79 Å². The molecule has 2 aromatic heterocycles. The lowest BCUT2D eigenvalue weighted by Crippen LogP contribution is -2.36. The molecule has 0 unspecified atom stereocenters. The Bertz CT molecular complexity index is 1390. The number of amides is 1. The van der Waals surface area contributed by atoms with Gasteiger partial charge in [-0.05, 0) is 68.3 Å². The number of ether oxygens (including phenoxy) is 1. The van der Waals surface area contributed by atoms with Gasteiger partial charge in [-0.15, -0.1) is 0 Å². The number of piperidine rings is 1. The van der Waals surface area contributed by atoms with Crippen LogP contribution in [0, 0.1) is 0 Å². The molecule has 0 radical (unpaired) electrons. The van der Waals surface area contributed by atoms with E-state index < -0.39 is 0 Å². The number of benzene rings is 2. The van der Waals surface area contributed by atoms with Gasteiger partial charge in [0, 0.05) is 41.3 Å². The first-order valence-electron chi connectivity index (χ1n) is 12.5. The molecule has 1 amide bonds. The number of aromatic nitrogens is 4. The Kier molecular flexibility index (Phi) is 6.91. The third-order valence-electron chi connectivity index (χ3n) is 6.48. The third kappa shape index (κ3) is 5.64. The number of nitrogens with zero attached hydrogens (tertiary/aromatic N) is 5. The van der Waals surface area contributed by atoms with Gasteiger partial charge in [0.2, 0.25) is 5.95 Å². The number of carbonyl (C=O) groups excluding carboxylic acids is 1. The van der Waals surface area contributed by atoms with Crippen molar-refractivity contribution < 1.29 is 9.53 Å². The summed E-state index contributed by atoms with van der Waals surface area (Å²) < 4.78 is 7.92. The second-order valence-electron chi connectivity index (χ2n) is 9.72. The minimum Gasteiger partial charge on any atom is -0.460 e. The van der Waals surface area contributed by atoms with Crippen LogP contribution in [0.1, 0.15) is 48.5 Å². The van der Waals surface area contributed by atoms with Crippen molar-refractivity contribution in [2.24, 2.45) is 0 Å². The van der Waals surface area contributed by atoms with Crippen molar-refractivity contribution in [3.05, 3.63) is 65.9 Å². The zero-order valence-corrected chi connectivity index (χ0v) is 21.3. The molecular weight excluding hydrogens is 468 g/mol. The van der Waals surface area contributed by atoms with Gasteiger partial charge in [0.25, 0.3) is 5.91 Å². The predicted octanol–water partition coefficient (Wildman–Crippen LogP) is 4.30. The van der Waals surface area contributed by atoms with Crippen molar-refractivity contribution in [3.8, 4) is 6.01 Å². The largest absolute Gasteiger partial charge is 0.460 e. The van der Waals surface area contributed by atoms with Crippen molar-refractivity contribution in [1.82, 2.24) is 24.5 Å². The fourth-order valence-electron chi connectivity index (χ4n) is 4.31. The Balaban J connectivity index is 1.40. The first-order valence-corrected chi connectivity index (χ1v) is 12.5. The number of fused-ring (bicyclic) bond motifs is 1. The highest BCUT2D eigenvalue weighted by molar-refractivity contribution is 6.04. The van der Waals surface area contributed by atoms with Crippen molar-refractivity contribution in [2.45, 2.75) is 38.7 Å². The average molecular weight is 501 g/mol. The van der Waals surface area contributed by atoms with Crippen molar-refractivity contribution in [3.63, 3.8) is 0 Å². The number of nitrogens with one attached hydrogen (secondary N) is 2. The molecule has 0 atom stereocenters. The smallest absolute Gasteiger partial charge is 0.322 e. The minimum atomic E-state index is -0.218. The molecule has 4 aromatic rings. The van der Waals surface area contributed by atoms with E-state index in [4.69, 9.17) is 15.5 Å². The van der Waals surface area contributed by atoms with E-state index in [2.05, 4.69) is 46.5 Å². The quantitative estimate of drug-likeness (QED) is 0.321. The van der Waals surface area contributed by atoms with Crippen LogP contribution in [-0.2, 0) is 0 Å². The van der Waals surface area contributed by atoms with E-state index in [-0.39, 0.29) is 17.9 Å². The first-order chi connectivity index (χ1) is 17.9. The maximum Gasteiger partial charge on any atom is 0.322 e. The van der Waals surface area contributed by atoms with Crippen LogP contribution in [0.3, 0.4) is 0 Å². The van der Waals surface area contributed by atoms with E-state index in [1.807, 2.05) is 30.5 Å². The SMILES string of the molecule is CC(C)c1cnn2c(Nc3cccc(NC(=O)c4ccc(N)cc4)c3)nc(OC3CCN(C)CC3)nc12. The number of anilines is 4. The number of hydrogen-bond donors (Lipinski definition) is 3. The minimum absolute atomic E-state index is 0.0730. The molecule has 2 aromatic carbocycles. The van der Waals surface area contributed by atoms with Crippen LogP contribution in [0.5, 0.6) is 6.01 Å². The zero-order valence-electron chi connectivity index (χ0n) is 21.3. The van der Waals surface area contributed by atoms with E-state index >= 15 is 0 Å². The number of likely N-dealkylation sites (tertiary alicyclic amines) is 1. The fourth-order valence-corrected chi connectivity index (χ4v) is 4.31. The van der Waals surface area contributed by atoms with Crippen molar-refractivity contribution >= 4 is 34.6 Å². The monoisotopic (exact) mass is 500 g/mol. The van der Waals surface area contributed by atoms with Gasteiger partial charge in [-0.3, -0.25) is 4.79 Å². The van der Waals surface area contributed by atoms with Gasteiger partial charge in [-0.2, -0.15) is 19.6 Å². The first kappa shape index (κ1) is 24.5. The lowest BCUT2D eigenvalue weighted by atomic mass is 10.1. The van der Waals surface area contributed by atoms with Crippen LogP contribution in [-0.4, -0.2) is 56.6 Å². The fraction of sp³-hybridized carbons (Fsp3) is 0.333. The standard InChI is InChI=1S/C27H32N8O2/c1-17(2)23-16-29-35-24(23)32-27(37-22-11-13-34(3)14-12-22)33-26(35)31-21-6-4-5-20(15-21)30-25(36)18-7-9-19(28)10-8-18/h4-10,15-17,22H,11-14,28H2,1-3H3,(H,30,36)(H,31,32,33). The van der Waals surface area contributed by atoms with E-state index in [1.165, 1.54) is 0 Å². The van der Waals surface area contributed by atoms with Gasteiger partial charge < -0.3 is 26.0 Å². The van der Waals surface area contributed by atoms with Gasteiger partial charge in [0.1, 0.15) is 6.10 Å². The summed E-state index contributed by atoms with van der Waals surface area (Å²) in [5.74, 6) is 0.509. The molecule has 0 saturated carbocycles. The number of rotatable bonds is 7. The van der Waals surface area contributed by atoms with Crippen molar-refractivity contribution in [1.29, 1.82) is 0 Å². The van der Waals surface area contributed by atoms with E-state index in [1.54, 1.807) is 28.8 Å². The summed E-state index contributed by atoms with van der Waals surface area (Å²) in [6.07, 6.45) is 3.76. The van der Waals surface area contributed by atoms with Gasteiger partial charge in [-0.1, -0.05) is 19.9 Å². The molecule has 192 valence electrons. The van der Waals surface area contributed by atoms with Crippen LogP contribution in [0.4, 0.5) is 23.0 Å². The maximum atomic E-state index is 12.7. The molecule has 0 aliphatic carbocycles. The number of nitrogen functional groups attached to an aromatic ring is 1. The highest BCUT2D eigenvalue weighted by atomic mass is 16.5. The van der Waals surface area contributed by atoms with Crippen LogP contribution < -0.4 is 21.1 Å². The van der Waals surface area contributed by atoms with Crippen molar-refractivity contribution in [2.75, 3.05) is 36.5 Å². The summed E-state index contributed by atoms with van der Waals surface area (Å²) in [6, 6.07) is 14.6. The molecule has 1 fully saturated rings. The Labute approximate surface area is 215 Å². The highest BCUT2D eigenvalue weighted by Gasteiger charge is 2.22. The average Bonchev–Trinajstić information content (AvgIpc) is 3.31. The van der Waals surface area contributed by atoms with E-state index in [0.29, 0.717) is 34.5 Å². The molecule has 0 spiro atoms. The Hall–Kier alpha value is -4.18. The number of carbonyl (C=O) groups is 1. The summed E-state index contributed by atoms with van der Waals surface area (Å²) in [4.78, 5) is 24.3. The van der Waals surface area contributed by atoms with Gasteiger partial charge >= 0.3 is 6.01 Å². The summed E-state index contributed by atoms with van der Waals surface area (Å²) in [5, 5.41) is 10.8. The predicted molar refractivity (Wildman–Crippen MR) is 145 cm³/mol. The Morgan fingerprint density at radius 3 is 2.54 bits per heavy atom. The van der Waals surface area contributed by atoms with Crippen LogP contribution in [0.25, 0.3) is 5.65 Å². The Morgan fingerprint density at radius 1 is 1.08 bits per heavy atom. The third-order valence-corrected chi connectivity index (χ3v) is 6.48. The Morgan fingerprint density at radius 2 is 1.81 bits per heavy atom. The van der Waals surface area contributed by atoms with Crippen LogP contribution in [0.2, 0.25) is 0 Å². The molecule has 1 aliphatic rings. The van der Waals surface area contributed by atoms with Gasteiger partial charge in [-0.25, -0.2) is 0 Å². The summed E-state index contributed by atoms with van der Waals surface area (Å²) in [7, 11) is 2.12. The zero-order chi connectivity index (χ0) is 25.9. The second kappa shape index (κ2) is 10.4.